The van der Waals surface area contributed by atoms with Gasteiger partial charge in [-0.25, -0.2) is 4.39 Å². The van der Waals surface area contributed by atoms with Crippen molar-refractivity contribution in [1.29, 1.82) is 0 Å². The molecule has 1 aliphatic heterocycles. The van der Waals surface area contributed by atoms with Crippen LogP contribution >= 0.6 is 0 Å². The lowest BCUT2D eigenvalue weighted by Gasteiger charge is -2.24. The zero-order chi connectivity index (χ0) is 18.5. The Balaban J connectivity index is 1.50. The van der Waals surface area contributed by atoms with Crippen molar-refractivity contribution >= 4 is 11.8 Å². The summed E-state index contributed by atoms with van der Waals surface area (Å²) in [6, 6.07) is 13.3. The Bertz CT molecular complexity index is 812. The van der Waals surface area contributed by atoms with Crippen molar-refractivity contribution in [3.63, 3.8) is 0 Å². The first kappa shape index (κ1) is 17.7. The molecule has 0 saturated carbocycles. The van der Waals surface area contributed by atoms with Gasteiger partial charge in [-0.2, -0.15) is 0 Å². The molecule has 7 heteroatoms. The molecule has 2 aromatic carbocycles. The fourth-order valence-corrected chi connectivity index (χ4v) is 2.61. The molecule has 1 heterocycles. The Morgan fingerprint density at radius 1 is 1.15 bits per heavy atom. The summed E-state index contributed by atoms with van der Waals surface area (Å²) >= 11 is 0. The van der Waals surface area contributed by atoms with Crippen LogP contribution in [0.15, 0.2) is 48.5 Å². The van der Waals surface area contributed by atoms with Crippen molar-refractivity contribution in [2.24, 2.45) is 5.92 Å². The van der Waals surface area contributed by atoms with Gasteiger partial charge >= 0.3 is 0 Å². The molecule has 2 N–H and O–H groups in total. The fraction of sp³-hybridized carbons (Fsp3) is 0.263. The first-order valence-electron chi connectivity index (χ1n) is 8.26. The van der Waals surface area contributed by atoms with Gasteiger partial charge in [-0.3, -0.25) is 20.4 Å². The number of carbonyl (C=O) groups excluding carboxylic acids is 2. The summed E-state index contributed by atoms with van der Waals surface area (Å²) in [6.45, 7) is 1.70. The average Bonchev–Trinajstić information content (AvgIpc) is 2.67. The van der Waals surface area contributed by atoms with E-state index in [1.54, 1.807) is 6.07 Å². The Morgan fingerprint density at radius 3 is 2.69 bits per heavy atom. The molecule has 0 spiro atoms. The summed E-state index contributed by atoms with van der Waals surface area (Å²) in [5, 5.41) is 0. The number of benzene rings is 2. The average molecular weight is 358 g/mol. The van der Waals surface area contributed by atoms with Crippen LogP contribution in [0.4, 0.5) is 4.39 Å². The topological polar surface area (TPSA) is 76.7 Å². The molecule has 2 aromatic rings. The molecule has 3 rings (SSSR count). The van der Waals surface area contributed by atoms with Gasteiger partial charge in [0, 0.05) is 0 Å². The van der Waals surface area contributed by atoms with Crippen LogP contribution in [0.3, 0.4) is 0 Å². The van der Waals surface area contributed by atoms with Crippen LogP contribution in [0, 0.1) is 11.7 Å². The lowest BCUT2D eigenvalue weighted by molar-refractivity contribution is -0.135. The van der Waals surface area contributed by atoms with Crippen LogP contribution < -0.4 is 20.3 Å². The smallest absolute Gasteiger partial charge is 0.279 e. The normalized spacial score (nSPS) is 16.6. The number of fused-ring (bicyclic) bond motifs is 1. The van der Waals surface area contributed by atoms with Crippen LogP contribution in [0.2, 0.25) is 0 Å². The first-order chi connectivity index (χ1) is 12.5. The van der Waals surface area contributed by atoms with Crippen LogP contribution in [0.5, 0.6) is 11.5 Å². The van der Waals surface area contributed by atoms with Crippen molar-refractivity contribution < 1.29 is 23.5 Å². The standard InChI is InChI=1S/C19H19FN2O4/c1-12(26-17-9-5-3-7-15(17)20)18(23)21-22-19(24)14-10-13-6-2-4-8-16(13)25-11-14/h2-9,12,14H,10-11H2,1H3,(H,21,23)(H,22,24). The highest BCUT2D eigenvalue weighted by Crippen LogP contribution is 2.26. The first-order valence-corrected chi connectivity index (χ1v) is 8.26. The number of hydrogen-bond donors (Lipinski definition) is 2. The van der Waals surface area contributed by atoms with Crippen LogP contribution in [0.25, 0.3) is 0 Å². The third kappa shape index (κ3) is 4.11. The fourth-order valence-electron chi connectivity index (χ4n) is 2.61. The number of hydrazine groups is 1. The van der Waals surface area contributed by atoms with Crippen molar-refractivity contribution in [1.82, 2.24) is 10.9 Å². The van der Waals surface area contributed by atoms with Gasteiger partial charge in [0.2, 0.25) is 5.91 Å². The van der Waals surface area contributed by atoms with Crippen molar-refractivity contribution in [2.45, 2.75) is 19.4 Å². The second-order valence-corrected chi connectivity index (χ2v) is 5.99. The maximum atomic E-state index is 13.6. The lowest BCUT2D eigenvalue weighted by Crippen LogP contribution is -2.50. The molecule has 0 radical (unpaired) electrons. The predicted octanol–water partition coefficient (Wildman–Crippen LogP) is 1.99. The molecular weight excluding hydrogens is 339 g/mol. The number of halogens is 1. The predicted molar refractivity (Wildman–Crippen MR) is 91.9 cm³/mol. The highest BCUT2D eigenvalue weighted by atomic mass is 19.1. The molecule has 2 amide bonds. The lowest BCUT2D eigenvalue weighted by atomic mass is 9.96. The van der Waals surface area contributed by atoms with Gasteiger partial charge in [0.15, 0.2) is 17.7 Å². The molecule has 6 nitrogen and oxygen atoms in total. The van der Waals surface area contributed by atoms with Gasteiger partial charge in [0.25, 0.3) is 5.91 Å². The largest absolute Gasteiger partial charge is 0.492 e. The van der Waals surface area contributed by atoms with Crippen molar-refractivity contribution in [3.05, 3.63) is 59.9 Å². The third-order valence-electron chi connectivity index (χ3n) is 4.07. The molecule has 0 aromatic heterocycles. The summed E-state index contributed by atoms with van der Waals surface area (Å²) < 4.78 is 24.4. The SMILES string of the molecule is CC(Oc1ccccc1F)C(=O)NNC(=O)C1COc2ccccc2C1. The van der Waals surface area contributed by atoms with E-state index in [1.165, 1.54) is 25.1 Å². The minimum atomic E-state index is -0.976. The number of amides is 2. The zero-order valence-corrected chi connectivity index (χ0v) is 14.2. The molecule has 1 aliphatic rings. The van der Waals surface area contributed by atoms with Crippen LogP contribution in [-0.4, -0.2) is 24.5 Å². The van der Waals surface area contributed by atoms with E-state index < -0.39 is 23.7 Å². The van der Waals surface area contributed by atoms with E-state index >= 15 is 0 Å². The second kappa shape index (κ2) is 7.86. The summed E-state index contributed by atoms with van der Waals surface area (Å²) in [7, 11) is 0. The Labute approximate surface area is 150 Å². The van der Waals surface area contributed by atoms with E-state index in [0.29, 0.717) is 6.42 Å². The number of rotatable bonds is 4. The minimum Gasteiger partial charge on any atom is -0.492 e. The summed E-state index contributed by atoms with van der Waals surface area (Å²) in [5.74, 6) is -1.17. The van der Waals surface area contributed by atoms with Gasteiger partial charge in [-0.05, 0) is 37.1 Å². The van der Waals surface area contributed by atoms with E-state index in [0.717, 1.165) is 11.3 Å². The maximum Gasteiger partial charge on any atom is 0.279 e. The van der Waals surface area contributed by atoms with E-state index in [4.69, 9.17) is 9.47 Å². The van der Waals surface area contributed by atoms with E-state index in [-0.39, 0.29) is 18.3 Å². The van der Waals surface area contributed by atoms with Crippen LogP contribution in [-0.2, 0) is 16.0 Å². The monoisotopic (exact) mass is 358 g/mol. The molecule has 2 atom stereocenters. The van der Waals surface area contributed by atoms with E-state index in [9.17, 15) is 14.0 Å². The highest BCUT2D eigenvalue weighted by molar-refractivity contribution is 5.85. The molecule has 0 saturated heterocycles. The Kier molecular flexibility index (Phi) is 5.36. The quantitative estimate of drug-likeness (QED) is 0.820. The molecule has 0 fully saturated rings. The molecule has 136 valence electrons. The van der Waals surface area contributed by atoms with Gasteiger partial charge in [0.1, 0.15) is 12.4 Å². The van der Waals surface area contributed by atoms with Gasteiger partial charge in [0.05, 0.1) is 5.92 Å². The van der Waals surface area contributed by atoms with Gasteiger partial charge in [-0.1, -0.05) is 30.3 Å². The molecule has 0 bridgehead atoms. The van der Waals surface area contributed by atoms with Crippen molar-refractivity contribution in [3.8, 4) is 11.5 Å². The van der Waals surface area contributed by atoms with Crippen LogP contribution in [0.1, 0.15) is 12.5 Å². The van der Waals surface area contributed by atoms with Gasteiger partial charge < -0.3 is 9.47 Å². The Morgan fingerprint density at radius 2 is 1.88 bits per heavy atom. The number of nitrogens with one attached hydrogen (secondary N) is 2. The number of hydrogen-bond acceptors (Lipinski definition) is 4. The number of ether oxygens (including phenoxy) is 2. The van der Waals surface area contributed by atoms with E-state index in [1.807, 2.05) is 24.3 Å². The number of carbonyl (C=O) groups is 2. The highest BCUT2D eigenvalue weighted by Gasteiger charge is 2.26. The third-order valence-corrected chi connectivity index (χ3v) is 4.07. The minimum absolute atomic E-state index is 0.0289. The second-order valence-electron chi connectivity index (χ2n) is 5.99. The van der Waals surface area contributed by atoms with Gasteiger partial charge in [-0.15, -0.1) is 0 Å². The van der Waals surface area contributed by atoms with Crippen molar-refractivity contribution in [2.75, 3.05) is 6.61 Å². The molecular formula is C19H19FN2O4. The summed E-state index contributed by atoms with van der Waals surface area (Å²) in [5.41, 5.74) is 5.62. The zero-order valence-electron chi connectivity index (χ0n) is 14.2. The molecule has 0 aliphatic carbocycles. The Hall–Kier alpha value is -3.09. The molecule has 26 heavy (non-hydrogen) atoms. The summed E-state index contributed by atoms with van der Waals surface area (Å²) in [4.78, 5) is 24.3. The number of para-hydroxylation sites is 2. The van der Waals surface area contributed by atoms with E-state index in [2.05, 4.69) is 10.9 Å². The summed E-state index contributed by atoms with van der Waals surface area (Å²) in [6.07, 6.45) is -0.449. The molecule has 2 unspecified atom stereocenters. The maximum absolute atomic E-state index is 13.6.